The second-order valence-corrected chi connectivity index (χ2v) is 8.31. The molecule has 1 aliphatic rings. The standard InChI is InChI=1S/C25H30FN3O/c1-2-29(25(30)22-8-9-24-21(16-22)10-12-27-24)18-20-6-4-13-28(17-20)14-11-19-5-3-7-23(26)15-19/h3,5,7-10,12,15-16,20,27H,2,4,6,11,13-14,17-18H2,1H3/t20-/m1/s1. The second kappa shape index (κ2) is 9.43. The van der Waals surface area contributed by atoms with E-state index in [1.54, 1.807) is 12.1 Å². The molecular weight excluding hydrogens is 377 g/mol. The van der Waals surface area contributed by atoms with Crippen molar-refractivity contribution < 1.29 is 9.18 Å². The monoisotopic (exact) mass is 407 g/mol. The average Bonchev–Trinajstić information content (AvgIpc) is 3.24. The summed E-state index contributed by atoms with van der Waals surface area (Å²) in [5, 5.41) is 1.07. The smallest absolute Gasteiger partial charge is 0.253 e. The highest BCUT2D eigenvalue weighted by Gasteiger charge is 2.24. The Morgan fingerprint density at radius 1 is 1.23 bits per heavy atom. The molecule has 0 saturated carbocycles. The van der Waals surface area contributed by atoms with E-state index in [-0.39, 0.29) is 11.7 Å². The number of benzene rings is 2. The number of likely N-dealkylation sites (tertiary alicyclic amines) is 1. The SMILES string of the molecule is CCN(C[C@@H]1CCCN(CCc2cccc(F)c2)C1)C(=O)c1ccc2[nH]ccc2c1. The Kier molecular flexibility index (Phi) is 6.48. The molecule has 1 amide bonds. The van der Waals surface area contributed by atoms with Crippen LogP contribution in [0.25, 0.3) is 10.9 Å². The lowest BCUT2D eigenvalue weighted by Gasteiger charge is -2.35. The van der Waals surface area contributed by atoms with Gasteiger partial charge in [0.1, 0.15) is 5.82 Å². The van der Waals surface area contributed by atoms with E-state index in [4.69, 9.17) is 0 Å². The molecule has 4 rings (SSSR count). The van der Waals surface area contributed by atoms with E-state index < -0.39 is 0 Å². The van der Waals surface area contributed by atoms with E-state index in [2.05, 4.69) is 16.8 Å². The first kappa shape index (κ1) is 20.6. The van der Waals surface area contributed by atoms with Crippen LogP contribution in [-0.4, -0.2) is 53.4 Å². The minimum Gasteiger partial charge on any atom is -0.361 e. The molecule has 1 aromatic heterocycles. The maximum Gasteiger partial charge on any atom is 0.253 e. The van der Waals surface area contributed by atoms with Gasteiger partial charge in [-0.2, -0.15) is 0 Å². The summed E-state index contributed by atoms with van der Waals surface area (Å²) in [5.41, 5.74) is 2.85. The quantitative estimate of drug-likeness (QED) is 0.615. The zero-order valence-corrected chi connectivity index (χ0v) is 17.6. The van der Waals surface area contributed by atoms with Crippen molar-refractivity contribution in [2.75, 3.05) is 32.7 Å². The lowest BCUT2D eigenvalue weighted by molar-refractivity contribution is 0.0691. The number of amides is 1. The number of hydrogen-bond acceptors (Lipinski definition) is 2. The average molecular weight is 408 g/mol. The van der Waals surface area contributed by atoms with Crippen molar-refractivity contribution in [3.05, 3.63) is 71.7 Å². The first-order valence-electron chi connectivity index (χ1n) is 11.0. The molecule has 1 aliphatic heterocycles. The number of carbonyl (C=O) groups is 1. The van der Waals surface area contributed by atoms with Gasteiger partial charge in [0, 0.05) is 48.8 Å². The number of rotatable bonds is 7. The number of carbonyl (C=O) groups excluding carboxylic acids is 1. The number of nitrogens with one attached hydrogen (secondary N) is 1. The van der Waals surface area contributed by atoms with Crippen molar-refractivity contribution in [2.45, 2.75) is 26.2 Å². The van der Waals surface area contributed by atoms with E-state index in [1.807, 2.05) is 41.4 Å². The summed E-state index contributed by atoms with van der Waals surface area (Å²) in [4.78, 5) is 20.7. The van der Waals surface area contributed by atoms with Gasteiger partial charge in [-0.15, -0.1) is 0 Å². The van der Waals surface area contributed by atoms with Gasteiger partial charge < -0.3 is 14.8 Å². The number of H-pyrrole nitrogens is 1. The van der Waals surface area contributed by atoms with Gasteiger partial charge in [0.15, 0.2) is 0 Å². The zero-order chi connectivity index (χ0) is 20.9. The van der Waals surface area contributed by atoms with Crippen LogP contribution in [0, 0.1) is 11.7 Å². The third-order valence-electron chi connectivity index (χ3n) is 6.16. The third kappa shape index (κ3) is 4.90. The van der Waals surface area contributed by atoms with Crippen molar-refractivity contribution in [1.29, 1.82) is 0 Å². The van der Waals surface area contributed by atoms with E-state index >= 15 is 0 Å². The molecule has 30 heavy (non-hydrogen) atoms. The summed E-state index contributed by atoms with van der Waals surface area (Å²) in [7, 11) is 0. The number of aromatic amines is 1. The normalized spacial score (nSPS) is 17.3. The fraction of sp³-hybridized carbons (Fsp3) is 0.400. The van der Waals surface area contributed by atoms with E-state index in [1.165, 1.54) is 6.07 Å². The summed E-state index contributed by atoms with van der Waals surface area (Å²) in [6.45, 7) is 6.56. The zero-order valence-electron chi connectivity index (χ0n) is 17.6. The molecule has 5 heteroatoms. The molecule has 4 nitrogen and oxygen atoms in total. The first-order chi connectivity index (χ1) is 14.6. The molecular formula is C25H30FN3O. The summed E-state index contributed by atoms with van der Waals surface area (Å²) >= 11 is 0. The van der Waals surface area contributed by atoms with Crippen LogP contribution in [0.5, 0.6) is 0 Å². The fourth-order valence-electron chi connectivity index (χ4n) is 4.52. The summed E-state index contributed by atoms with van der Waals surface area (Å²) in [6.07, 6.45) is 5.06. The van der Waals surface area contributed by atoms with Gasteiger partial charge in [-0.1, -0.05) is 12.1 Å². The number of fused-ring (bicyclic) bond motifs is 1. The molecule has 2 aromatic carbocycles. The maximum absolute atomic E-state index is 13.4. The predicted octanol–water partition coefficient (Wildman–Crippen LogP) is 4.72. The van der Waals surface area contributed by atoms with Crippen LogP contribution < -0.4 is 0 Å². The lowest BCUT2D eigenvalue weighted by atomic mass is 9.96. The highest BCUT2D eigenvalue weighted by Crippen LogP contribution is 2.21. The molecule has 2 heterocycles. The van der Waals surface area contributed by atoms with Crippen molar-refractivity contribution in [2.24, 2.45) is 5.92 Å². The molecule has 1 atom stereocenters. The molecule has 0 unspecified atom stereocenters. The van der Waals surface area contributed by atoms with Crippen LogP contribution in [0.2, 0.25) is 0 Å². The Labute approximate surface area is 177 Å². The maximum atomic E-state index is 13.4. The van der Waals surface area contributed by atoms with Crippen molar-refractivity contribution >= 4 is 16.8 Å². The van der Waals surface area contributed by atoms with Gasteiger partial charge in [-0.3, -0.25) is 4.79 Å². The minimum atomic E-state index is -0.168. The highest BCUT2D eigenvalue weighted by atomic mass is 19.1. The van der Waals surface area contributed by atoms with Crippen LogP contribution in [0.4, 0.5) is 4.39 Å². The number of aromatic nitrogens is 1. The molecule has 0 spiro atoms. The molecule has 3 aromatic rings. The third-order valence-corrected chi connectivity index (χ3v) is 6.16. The molecule has 0 bridgehead atoms. The fourth-order valence-corrected chi connectivity index (χ4v) is 4.52. The Morgan fingerprint density at radius 2 is 2.13 bits per heavy atom. The Morgan fingerprint density at radius 3 is 2.97 bits per heavy atom. The highest BCUT2D eigenvalue weighted by molar-refractivity contribution is 5.98. The summed E-state index contributed by atoms with van der Waals surface area (Å²) < 4.78 is 13.4. The van der Waals surface area contributed by atoms with Gasteiger partial charge in [0.05, 0.1) is 0 Å². The van der Waals surface area contributed by atoms with Crippen LogP contribution in [0.3, 0.4) is 0 Å². The second-order valence-electron chi connectivity index (χ2n) is 8.31. The minimum absolute atomic E-state index is 0.109. The van der Waals surface area contributed by atoms with E-state index in [9.17, 15) is 9.18 Å². The summed E-state index contributed by atoms with van der Waals surface area (Å²) in [5.74, 6) is 0.419. The van der Waals surface area contributed by atoms with Crippen molar-refractivity contribution in [3.8, 4) is 0 Å². The first-order valence-corrected chi connectivity index (χ1v) is 11.0. The van der Waals surface area contributed by atoms with Gasteiger partial charge in [0.2, 0.25) is 0 Å². The Balaban J connectivity index is 1.34. The molecule has 1 saturated heterocycles. The molecule has 1 fully saturated rings. The van der Waals surface area contributed by atoms with Gasteiger partial charge in [-0.05, 0) is 80.6 Å². The number of hydrogen-bond donors (Lipinski definition) is 1. The number of piperidine rings is 1. The van der Waals surface area contributed by atoms with Crippen molar-refractivity contribution in [3.63, 3.8) is 0 Å². The van der Waals surface area contributed by atoms with Crippen LogP contribution in [0.15, 0.2) is 54.7 Å². The van der Waals surface area contributed by atoms with E-state index in [0.29, 0.717) is 12.5 Å². The number of halogens is 1. The Bertz CT molecular complexity index is 999. The van der Waals surface area contributed by atoms with Gasteiger partial charge in [-0.25, -0.2) is 4.39 Å². The van der Waals surface area contributed by atoms with Crippen molar-refractivity contribution in [1.82, 2.24) is 14.8 Å². The van der Waals surface area contributed by atoms with Crippen LogP contribution in [-0.2, 0) is 6.42 Å². The summed E-state index contributed by atoms with van der Waals surface area (Å²) in [6, 6.07) is 14.7. The Hall–Kier alpha value is -2.66. The topological polar surface area (TPSA) is 39.3 Å². The van der Waals surface area contributed by atoms with Gasteiger partial charge in [0.25, 0.3) is 5.91 Å². The van der Waals surface area contributed by atoms with E-state index in [0.717, 1.165) is 67.5 Å². The lowest BCUT2D eigenvalue weighted by Crippen LogP contribution is -2.43. The molecule has 1 N–H and O–H groups in total. The number of nitrogens with zero attached hydrogens (tertiary/aromatic N) is 2. The molecule has 158 valence electrons. The largest absolute Gasteiger partial charge is 0.361 e. The predicted molar refractivity (Wildman–Crippen MR) is 119 cm³/mol. The van der Waals surface area contributed by atoms with Gasteiger partial charge >= 0.3 is 0 Å². The van der Waals surface area contributed by atoms with Crippen LogP contribution >= 0.6 is 0 Å². The molecule has 0 radical (unpaired) electrons. The molecule has 0 aliphatic carbocycles. The van der Waals surface area contributed by atoms with Crippen LogP contribution in [0.1, 0.15) is 35.7 Å².